The average molecular weight is 538 g/mol. The molecule has 1 heterocycles. The van der Waals surface area contributed by atoms with Crippen LogP contribution >= 0.6 is 11.3 Å². The van der Waals surface area contributed by atoms with Crippen LogP contribution in [-0.2, 0) is 4.79 Å². The Bertz CT molecular complexity index is 1260. The highest BCUT2D eigenvalue weighted by Gasteiger charge is 2.30. The molecule has 3 N–H and O–H groups in total. The fraction of sp³-hybridized carbons (Fsp3) is 0.321. The van der Waals surface area contributed by atoms with Crippen LogP contribution < -0.4 is 15.5 Å². The number of thiophene rings is 1. The fourth-order valence-electron chi connectivity index (χ4n) is 3.79. The summed E-state index contributed by atoms with van der Waals surface area (Å²) in [6, 6.07) is 16.9. The van der Waals surface area contributed by atoms with E-state index in [4.69, 9.17) is 0 Å². The molecular formula is C28H35N3O4SSi. The van der Waals surface area contributed by atoms with Gasteiger partial charge in [0, 0.05) is 36.2 Å². The Morgan fingerprint density at radius 3 is 2.19 bits per heavy atom. The number of carbonyl (C=O) groups excluding carboxylic acids is 2. The van der Waals surface area contributed by atoms with E-state index in [1.54, 1.807) is 68.5 Å². The molecule has 0 saturated heterocycles. The summed E-state index contributed by atoms with van der Waals surface area (Å²) in [4.78, 5) is 39.9. The van der Waals surface area contributed by atoms with Gasteiger partial charge in [0.15, 0.2) is 0 Å². The van der Waals surface area contributed by atoms with Gasteiger partial charge in [-0.2, -0.15) is 0 Å². The fourth-order valence-corrected chi connectivity index (χ4v) is 5.49. The van der Waals surface area contributed by atoms with Crippen molar-refractivity contribution in [3.05, 3.63) is 65.5 Å². The molecule has 7 nitrogen and oxygen atoms in total. The van der Waals surface area contributed by atoms with Gasteiger partial charge in [-0.1, -0.05) is 31.8 Å². The molecule has 1 aromatic heterocycles. The lowest BCUT2D eigenvalue weighted by Crippen LogP contribution is -2.45. The van der Waals surface area contributed by atoms with Gasteiger partial charge in [0.25, 0.3) is 5.91 Å². The van der Waals surface area contributed by atoms with Gasteiger partial charge in [-0.05, 0) is 80.2 Å². The zero-order chi connectivity index (χ0) is 27.4. The van der Waals surface area contributed by atoms with E-state index in [-0.39, 0.29) is 11.8 Å². The van der Waals surface area contributed by atoms with E-state index in [9.17, 15) is 19.5 Å². The third-order valence-electron chi connectivity index (χ3n) is 5.69. The van der Waals surface area contributed by atoms with Gasteiger partial charge in [0.05, 0.1) is 11.4 Å². The van der Waals surface area contributed by atoms with E-state index in [2.05, 4.69) is 30.3 Å². The van der Waals surface area contributed by atoms with Crippen LogP contribution in [0.4, 0.5) is 21.9 Å². The lowest BCUT2D eigenvalue weighted by atomic mass is 10.0. The normalized spacial score (nSPS) is 11.6. The highest BCUT2D eigenvalue weighted by molar-refractivity contribution is 7.13. The number of hydrogen-bond acceptors (Lipinski definition) is 4. The van der Waals surface area contributed by atoms with E-state index in [0.717, 1.165) is 16.5 Å². The minimum absolute atomic E-state index is 0.0365. The quantitative estimate of drug-likeness (QED) is 0.257. The molecule has 0 saturated carbocycles. The summed E-state index contributed by atoms with van der Waals surface area (Å²) in [6.07, 6.45) is -0.629. The third kappa shape index (κ3) is 7.77. The molecule has 0 fully saturated rings. The van der Waals surface area contributed by atoms with Crippen LogP contribution in [0.5, 0.6) is 0 Å². The molecule has 0 aliphatic carbocycles. The second-order valence-corrected chi connectivity index (χ2v) is 17.7. The van der Waals surface area contributed by atoms with Crippen LogP contribution in [0.15, 0.2) is 60.0 Å². The first-order valence-electron chi connectivity index (χ1n) is 12.2. The molecule has 0 atom stereocenters. The predicted octanol–water partition coefficient (Wildman–Crippen LogP) is 7.62. The van der Waals surface area contributed by atoms with E-state index in [0.29, 0.717) is 29.0 Å². The highest BCUT2D eigenvalue weighted by Crippen LogP contribution is 2.36. The Morgan fingerprint density at radius 2 is 1.65 bits per heavy atom. The summed E-state index contributed by atoms with van der Waals surface area (Å²) >= 11 is 1.56. The number of carbonyl (C=O) groups is 3. The lowest BCUT2D eigenvalue weighted by Gasteiger charge is -2.34. The van der Waals surface area contributed by atoms with E-state index < -0.39 is 19.7 Å². The summed E-state index contributed by atoms with van der Waals surface area (Å²) in [5, 5.41) is 17.7. The maximum absolute atomic E-state index is 13.2. The molecule has 0 bridgehead atoms. The Kier molecular flexibility index (Phi) is 8.60. The van der Waals surface area contributed by atoms with Crippen molar-refractivity contribution in [2.24, 2.45) is 0 Å². The van der Waals surface area contributed by atoms with Crippen molar-refractivity contribution < 1.29 is 19.5 Å². The van der Waals surface area contributed by atoms with Gasteiger partial charge >= 0.3 is 6.09 Å². The van der Waals surface area contributed by atoms with Crippen LogP contribution in [-0.4, -0.2) is 36.6 Å². The van der Waals surface area contributed by atoms with Gasteiger partial charge in [-0.3, -0.25) is 14.5 Å². The minimum Gasteiger partial charge on any atom is -0.465 e. The van der Waals surface area contributed by atoms with Gasteiger partial charge in [-0.25, -0.2) is 4.79 Å². The standard InChI is InChI=1S/C28H35N3O4SSi/c1-28(2,3)31(27(34)35)23-14-11-20(24-8-7-16-36-24)18-22(23)30-26(33)19-9-12-21(13-10-19)29-25(32)15-17-37(4,5)6/h7-14,16,18H,15,17H2,1-6H3,(H,29,32)(H,30,33)(H,34,35). The molecule has 0 spiro atoms. The first-order valence-corrected chi connectivity index (χ1v) is 16.8. The predicted molar refractivity (Wildman–Crippen MR) is 156 cm³/mol. The van der Waals surface area contributed by atoms with Crippen LogP contribution in [0.25, 0.3) is 10.4 Å². The summed E-state index contributed by atoms with van der Waals surface area (Å²) in [6.45, 7) is 12.1. The minimum atomic E-state index is -1.31. The van der Waals surface area contributed by atoms with E-state index >= 15 is 0 Å². The largest absolute Gasteiger partial charge is 0.465 e. The number of carboxylic acid groups (broad SMARTS) is 1. The second-order valence-electron chi connectivity index (χ2n) is 11.1. The van der Waals surface area contributed by atoms with Gasteiger partial charge in [-0.15, -0.1) is 11.3 Å². The van der Waals surface area contributed by atoms with Gasteiger partial charge in [0.1, 0.15) is 0 Å². The summed E-state index contributed by atoms with van der Waals surface area (Å²) in [7, 11) is -1.31. The molecule has 37 heavy (non-hydrogen) atoms. The molecule has 3 rings (SSSR count). The van der Waals surface area contributed by atoms with Crippen molar-refractivity contribution in [2.75, 3.05) is 15.5 Å². The number of nitrogens with zero attached hydrogens (tertiary/aromatic N) is 1. The van der Waals surface area contributed by atoms with Gasteiger partial charge in [0.2, 0.25) is 5.91 Å². The Morgan fingerprint density at radius 1 is 0.973 bits per heavy atom. The third-order valence-corrected chi connectivity index (χ3v) is 8.36. The molecule has 9 heteroatoms. The van der Waals surface area contributed by atoms with Crippen LogP contribution in [0.2, 0.25) is 25.7 Å². The Balaban J connectivity index is 1.85. The number of hydrogen-bond donors (Lipinski definition) is 3. The first-order chi connectivity index (χ1) is 17.2. The molecule has 2 aromatic carbocycles. The smallest absolute Gasteiger partial charge is 0.412 e. The van der Waals surface area contributed by atoms with Crippen molar-refractivity contribution in [1.82, 2.24) is 0 Å². The topological polar surface area (TPSA) is 98.7 Å². The summed E-state index contributed by atoms with van der Waals surface area (Å²) in [5.74, 6) is -0.411. The van der Waals surface area contributed by atoms with Crippen molar-refractivity contribution in [2.45, 2.75) is 58.4 Å². The number of amides is 3. The molecule has 3 amide bonds. The van der Waals surface area contributed by atoms with Crippen LogP contribution in [0.3, 0.4) is 0 Å². The molecule has 3 aromatic rings. The zero-order valence-electron chi connectivity index (χ0n) is 22.2. The maximum atomic E-state index is 13.2. The number of nitrogens with one attached hydrogen (secondary N) is 2. The van der Waals surface area contributed by atoms with Crippen LogP contribution in [0, 0.1) is 0 Å². The van der Waals surface area contributed by atoms with Crippen molar-refractivity contribution in [1.29, 1.82) is 0 Å². The highest BCUT2D eigenvalue weighted by atomic mass is 32.1. The number of anilines is 3. The molecule has 196 valence electrons. The number of benzene rings is 2. The maximum Gasteiger partial charge on any atom is 0.412 e. The molecule has 0 radical (unpaired) electrons. The summed E-state index contributed by atoms with van der Waals surface area (Å²) < 4.78 is 0. The SMILES string of the molecule is CC(C)(C)N(C(=O)O)c1ccc(-c2cccs2)cc1NC(=O)c1ccc(NC(=O)CC[Si](C)(C)C)cc1. The monoisotopic (exact) mass is 537 g/mol. The van der Waals surface area contributed by atoms with Gasteiger partial charge < -0.3 is 15.7 Å². The molecule has 0 unspecified atom stereocenters. The van der Waals surface area contributed by atoms with E-state index in [1.165, 1.54) is 4.90 Å². The average Bonchev–Trinajstić information content (AvgIpc) is 3.33. The van der Waals surface area contributed by atoms with Crippen molar-refractivity contribution in [3.63, 3.8) is 0 Å². The van der Waals surface area contributed by atoms with Crippen molar-refractivity contribution >= 4 is 54.4 Å². The van der Waals surface area contributed by atoms with Crippen molar-refractivity contribution in [3.8, 4) is 10.4 Å². The Labute approximate surface area is 223 Å². The lowest BCUT2D eigenvalue weighted by molar-refractivity contribution is -0.115. The van der Waals surface area contributed by atoms with Crippen LogP contribution in [0.1, 0.15) is 37.6 Å². The summed E-state index contributed by atoms with van der Waals surface area (Å²) in [5.41, 5.74) is 1.96. The second kappa shape index (κ2) is 11.3. The molecular weight excluding hydrogens is 502 g/mol. The van der Waals surface area contributed by atoms with E-state index in [1.807, 2.05) is 23.6 Å². The zero-order valence-corrected chi connectivity index (χ0v) is 24.0. The molecule has 0 aliphatic heterocycles. The Hall–Kier alpha value is -3.43. The molecule has 0 aliphatic rings. The number of rotatable bonds is 8. The first kappa shape index (κ1) is 28.1.